The number of benzene rings is 1. The average molecular weight is 329 g/mol. The van der Waals surface area contributed by atoms with Gasteiger partial charge >= 0.3 is 0 Å². The largest absolute Gasteiger partial charge is 0.339 e. The van der Waals surface area contributed by atoms with E-state index >= 15 is 0 Å². The normalized spacial score (nSPS) is 16.1. The van der Waals surface area contributed by atoms with Crippen LogP contribution in [-0.4, -0.2) is 32.8 Å². The molecule has 2 aromatic heterocycles. The van der Waals surface area contributed by atoms with Crippen LogP contribution < -0.4 is 5.32 Å². The van der Waals surface area contributed by atoms with Crippen molar-refractivity contribution in [2.75, 3.05) is 13.1 Å². The Bertz CT molecular complexity index is 879. The summed E-state index contributed by atoms with van der Waals surface area (Å²) in [5, 5.41) is 7.37. The second-order valence-electron chi connectivity index (χ2n) is 6.21. The monoisotopic (exact) mass is 329 g/mol. The van der Waals surface area contributed by atoms with Gasteiger partial charge in [0.2, 0.25) is 11.7 Å². The molecule has 0 amide bonds. The Hall–Kier alpha value is -2.28. The van der Waals surface area contributed by atoms with E-state index in [1.54, 1.807) is 6.07 Å². The van der Waals surface area contributed by atoms with E-state index in [1.165, 1.54) is 6.07 Å². The third-order valence-electron chi connectivity index (χ3n) is 4.75. The Morgan fingerprint density at radius 1 is 1.29 bits per heavy atom. The van der Waals surface area contributed by atoms with Gasteiger partial charge < -0.3 is 14.4 Å². The lowest BCUT2D eigenvalue weighted by atomic mass is 9.98. The lowest BCUT2D eigenvalue weighted by molar-refractivity contribution is 0.320. The molecule has 7 heteroatoms. The summed E-state index contributed by atoms with van der Waals surface area (Å²) in [6.45, 7) is 3.91. The van der Waals surface area contributed by atoms with E-state index in [1.807, 2.05) is 18.5 Å². The fourth-order valence-corrected chi connectivity index (χ4v) is 3.43. The smallest absolute Gasteiger partial charge is 0.230 e. The molecule has 0 saturated carbocycles. The zero-order valence-corrected chi connectivity index (χ0v) is 13.8. The molecule has 3 heterocycles. The number of aromatic nitrogens is 4. The average Bonchev–Trinajstić information content (AvgIpc) is 3.21. The number of fused-ring (bicyclic) bond motifs is 1. The number of nitrogens with one attached hydrogen (secondary N) is 1. The quantitative estimate of drug-likeness (QED) is 0.800. The van der Waals surface area contributed by atoms with Gasteiger partial charge in [-0.2, -0.15) is 4.98 Å². The van der Waals surface area contributed by atoms with Crippen molar-refractivity contribution in [1.82, 2.24) is 25.0 Å². The number of aryl methyl sites for hydroxylation is 2. The molecule has 1 aliphatic rings. The molecule has 3 aromatic rings. The molecule has 6 nitrogen and oxygen atoms in total. The van der Waals surface area contributed by atoms with Crippen LogP contribution in [-0.2, 0) is 13.5 Å². The third-order valence-corrected chi connectivity index (χ3v) is 4.75. The molecule has 126 valence electrons. The van der Waals surface area contributed by atoms with Crippen molar-refractivity contribution in [2.45, 2.75) is 32.1 Å². The van der Waals surface area contributed by atoms with Crippen molar-refractivity contribution in [3.05, 3.63) is 29.7 Å². The van der Waals surface area contributed by atoms with E-state index in [2.05, 4.69) is 20.4 Å². The minimum absolute atomic E-state index is 0.243. The molecular weight excluding hydrogens is 309 g/mol. The predicted molar refractivity (Wildman–Crippen MR) is 88.2 cm³/mol. The summed E-state index contributed by atoms with van der Waals surface area (Å²) in [5.74, 6) is 1.69. The van der Waals surface area contributed by atoms with Crippen LogP contribution in [0.25, 0.3) is 22.4 Å². The van der Waals surface area contributed by atoms with Gasteiger partial charge in [-0.25, -0.2) is 9.37 Å². The number of halogens is 1. The lowest BCUT2D eigenvalue weighted by Gasteiger charge is -2.18. The number of nitrogens with zero attached hydrogens (tertiary/aromatic N) is 4. The van der Waals surface area contributed by atoms with Gasteiger partial charge in [0.1, 0.15) is 11.6 Å². The van der Waals surface area contributed by atoms with Crippen molar-refractivity contribution < 1.29 is 8.91 Å². The molecule has 1 fully saturated rings. The topological polar surface area (TPSA) is 68.8 Å². The van der Waals surface area contributed by atoms with Gasteiger partial charge in [0.15, 0.2) is 0 Å². The maximum atomic E-state index is 14.6. The zero-order valence-electron chi connectivity index (χ0n) is 13.8. The summed E-state index contributed by atoms with van der Waals surface area (Å²) in [5.41, 5.74) is 1.83. The first-order chi connectivity index (χ1) is 11.7. The molecule has 1 saturated heterocycles. The minimum Gasteiger partial charge on any atom is -0.339 e. The van der Waals surface area contributed by atoms with Crippen molar-refractivity contribution in [2.24, 2.45) is 7.05 Å². The van der Waals surface area contributed by atoms with Crippen LogP contribution in [0.3, 0.4) is 0 Å². The molecule has 0 spiro atoms. The highest BCUT2D eigenvalue weighted by Crippen LogP contribution is 2.32. The summed E-state index contributed by atoms with van der Waals surface area (Å²) in [7, 11) is 1.89. The SMILES string of the molecule is CCc1nc2ccc(F)c(-c3noc(C4CCNCC4)n3)c2n1C. The van der Waals surface area contributed by atoms with Gasteiger partial charge in [0.05, 0.1) is 16.6 Å². The van der Waals surface area contributed by atoms with Crippen LogP contribution in [0.15, 0.2) is 16.7 Å². The summed E-state index contributed by atoms with van der Waals surface area (Å²) in [6, 6.07) is 3.12. The fraction of sp³-hybridized carbons (Fsp3) is 0.471. The number of hydrogen-bond donors (Lipinski definition) is 1. The zero-order chi connectivity index (χ0) is 16.7. The number of imidazole rings is 1. The summed E-state index contributed by atoms with van der Waals surface area (Å²) < 4.78 is 21.9. The predicted octanol–water partition coefficient (Wildman–Crippen LogP) is 2.79. The first-order valence-corrected chi connectivity index (χ1v) is 8.37. The van der Waals surface area contributed by atoms with E-state index in [-0.39, 0.29) is 11.7 Å². The molecule has 1 aliphatic heterocycles. The van der Waals surface area contributed by atoms with E-state index in [0.717, 1.165) is 43.7 Å². The van der Waals surface area contributed by atoms with Gasteiger partial charge in [-0.05, 0) is 38.1 Å². The highest BCUT2D eigenvalue weighted by molar-refractivity contribution is 5.91. The number of hydrogen-bond acceptors (Lipinski definition) is 5. The van der Waals surface area contributed by atoms with Gasteiger partial charge in [-0.15, -0.1) is 0 Å². The van der Waals surface area contributed by atoms with E-state index in [9.17, 15) is 4.39 Å². The Labute approximate surface area is 139 Å². The standard InChI is InChI=1S/C17H20FN5O/c1-3-13-20-12-5-4-11(18)14(15(12)23(13)2)16-21-17(24-22-16)10-6-8-19-9-7-10/h4-5,10,19H,3,6-9H2,1-2H3. The van der Waals surface area contributed by atoms with Gasteiger partial charge in [-0.1, -0.05) is 12.1 Å². The molecule has 0 atom stereocenters. The van der Waals surface area contributed by atoms with Crippen molar-refractivity contribution in [3.63, 3.8) is 0 Å². The summed E-state index contributed by atoms with van der Waals surface area (Å²) >= 11 is 0. The summed E-state index contributed by atoms with van der Waals surface area (Å²) in [4.78, 5) is 9.06. The Morgan fingerprint density at radius 3 is 2.83 bits per heavy atom. The molecular formula is C17H20FN5O. The molecule has 1 aromatic carbocycles. The van der Waals surface area contributed by atoms with Crippen LogP contribution in [0.5, 0.6) is 0 Å². The van der Waals surface area contributed by atoms with Gasteiger partial charge in [-0.3, -0.25) is 0 Å². The maximum absolute atomic E-state index is 14.6. The Morgan fingerprint density at radius 2 is 2.08 bits per heavy atom. The lowest BCUT2D eigenvalue weighted by Crippen LogP contribution is -2.26. The Kier molecular flexibility index (Phi) is 3.80. The molecule has 4 rings (SSSR count). The van der Waals surface area contributed by atoms with Crippen molar-refractivity contribution in [1.29, 1.82) is 0 Å². The number of rotatable bonds is 3. The first-order valence-electron chi connectivity index (χ1n) is 8.37. The van der Waals surface area contributed by atoms with Crippen LogP contribution in [0.4, 0.5) is 4.39 Å². The molecule has 0 aliphatic carbocycles. The molecule has 1 N–H and O–H groups in total. The second-order valence-corrected chi connectivity index (χ2v) is 6.21. The highest BCUT2D eigenvalue weighted by atomic mass is 19.1. The molecule has 24 heavy (non-hydrogen) atoms. The van der Waals surface area contributed by atoms with Crippen molar-refractivity contribution >= 4 is 11.0 Å². The van der Waals surface area contributed by atoms with Gasteiger partial charge in [0, 0.05) is 19.4 Å². The summed E-state index contributed by atoms with van der Waals surface area (Å²) in [6.07, 6.45) is 2.69. The minimum atomic E-state index is -0.356. The fourth-order valence-electron chi connectivity index (χ4n) is 3.43. The maximum Gasteiger partial charge on any atom is 0.230 e. The molecule has 0 unspecified atom stereocenters. The van der Waals surface area contributed by atoms with Crippen molar-refractivity contribution in [3.8, 4) is 11.4 Å². The van der Waals surface area contributed by atoms with Crippen LogP contribution in [0.1, 0.15) is 37.4 Å². The first kappa shape index (κ1) is 15.3. The van der Waals surface area contributed by atoms with Gasteiger partial charge in [0.25, 0.3) is 0 Å². The Balaban J connectivity index is 1.82. The molecule has 0 radical (unpaired) electrons. The van der Waals surface area contributed by atoms with Crippen LogP contribution in [0, 0.1) is 5.82 Å². The van der Waals surface area contributed by atoms with E-state index in [0.29, 0.717) is 22.8 Å². The second kappa shape index (κ2) is 5.98. The van der Waals surface area contributed by atoms with E-state index in [4.69, 9.17) is 4.52 Å². The molecule has 0 bridgehead atoms. The highest BCUT2D eigenvalue weighted by Gasteiger charge is 2.25. The third kappa shape index (κ3) is 2.39. The number of piperidine rings is 1. The van der Waals surface area contributed by atoms with E-state index < -0.39 is 0 Å². The van der Waals surface area contributed by atoms with Crippen LogP contribution in [0.2, 0.25) is 0 Å². The van der Waals surface area contributed by atoms with Crippen LogP contribution >= 0.6 is 0 Å².